The molecule has 0 bridgehead atoms. The molecule has 5 heteroatoms. The summed E-state index contributed by atoms with van der Waals surface area (Å²) in [5.41, 5.74) is 2.59. The third kappa shape index (κ3) is 2.55. The second-order valence-electron chi connectivity index (χ2n) is 5.73. The zero-order chi connectivity index (χ0) is 15.7. The number of benzene rings is 2. The molecule has 22 heavy (non-hydrogen) atoms. The summed E-state index contributed by atoms with van der Waals surface area (Å²) in [6, 6.07) is 13.3. The number of rotatable bonds is 2. The first kappa shape index (κ1) is 14.5. The molecule has 1 unspecified atom stereocenters. The van der Waals surface area contributed by atoms with E-state index in [-0.39, 0.29) is 17.4 Å². The number of fused-ring (bicyclic) bond motifs is 1. The number of nitro groups is 1. The van der Waals surface area contributed by atoms with E-state index in [2.05, 4.69) is 4.90 Å². The maximum atomic E-state index is 11.4. The SMILES string of the molecule is CN1CCc2c(ccc(O)c2[N+](=O)[O-])C(c2ccccc2)C1. The molecule has 0 amide bonds. The fourth-order valence-corrected chi connectivity index (χ4v) is 3.21. The van der Waals surface area contributed by atoms with E-state index in [1.807, 2.05) is 43.4 Å². The summed E-state index contributed by atoms with van der Waals surface area (Å²) in [7, 11) is 2.02. The number of phenols is 1. The van der Waals surface area contributed by atoms with Crippen molar-refractivity contribution in [3.05, 3.63) is 69.3 Å². The van der Waals surface area contributed by atoms with E-state index < -0.39 is 4.92 Å². The standard InChI is InChI=1S/C17H18N2O3/c1-18-10-9-14-13(7-8-16(20)17(14)19(21)22)15(11-18)12-5-3-2-4-6-12/h2-8,15,20H,9-11H2,1H3. The first-order chi connectivity index (χ1) is 10.6. The highest BCUT2D eigenvalue weighted by Crippen LogP contribution is 2.39. The van der Waals surface area contributed by atoms with Crippen LogP contribution in [0.15, 0.2) is 42.5 Å². The van der Waals surface area contributed by atoms with Crippen LogP contribution in [-0.4, -0.2) is 35.1 Å². The molecule has 2 aromatic carbocycles. The molecule has 0 saturated heterocycles. The first-order valence-electron chi connectivity index (χ1n) is 7.30. The minimum atomic E-state index is -0.471. The van der Waals surface area contributed by atoms with Gasteiger partial charge in [-0.25, -0.2) is 0 Å². The topological polar surface area (TPSA) is 66.6 Å². The highest BCUT2D eigenvalue weighted by Gasteiger charge is 2.30. The largest absolute Gasteiger partial charge is 0.502 e. The lowest BCUT2D eigenvalue weighted by Crippen LogP contribution is -2.24. The Labute approximate surface area is 129 Å². The zero-order valence-electron chi connectivity index (χ0n) is 12.4. The van der Waals surface area contributed by atoms with E-state index in [0.717, 1.165) is 24.2 Å². The van der Waals surface area contributed by atoms with E-state index in [1.54, 1.807) is 0 Å². The van der Waals surface area contributed by atoms with Crippen LogP contribution in [-0.2, 0) is 6.42 Å². The van der Waals surface area contributed by atoms with Crippen molar-refractivity contribution >= 4 is 5.69 Å². The lowest BCUT2D eigenvalue weighted by atomic mass is 9.87. The Morgan fingerprint density at radius 2 is 1.95 bits per heavy atom. The van der Waals surface area contributed by atoms with Gasteiger partial charge in [0.15, 0.2) is 5.75 Å². The molecule has 2 aromatic rings. The molecule has 1 heterocycles. The van der Waals surface area contributed by atoms with Gasteiger partial charge in [-0.1, -0.05) is 36.4 Å². The minimum Gasteiger partial charge on any atom is -0.502 e. The van der Waals surface area contributed by atoms with E-state index in [1.165, 1.54) is 6.07 Å². The molecule has 0 saturated carbocycles. The number of nitrogens with zero attached hydrogens (tertiary/aromatic N) is 2. The molecular weight excluding hydrogens is 280 g/mol. The third-order valence-electron chi connectivity index (χ3n) is 4.30. The minimum absolute atomic E-state index is 0.0722. The van der Waals surface area contributed by atoms with Gasteiger partial charge in [-0.05, 0) is 30.7 Å². The summed E-state index contributed by atoms with van der Waals surface area (Å²) >= 11 is 0. The van der Waals surface area contributed by atoms with Gasteiger partial charge < -0.3 is 10.0 Å². The molecule has 1 atom stereocenters. The maximum Gasteiger partial charge on any atom is 0.314 e. The molecule has 0 radical (unpaired) electrons. The van der Waals surface area contributed by atoms with Crippen molar-refractivity contribution in [1.29, 1.82) is 0 Å². The first-order valence-corrected chi connectivity index (χ1v) is 7.30. The molecule has 1 N–H and O–H groups in total. The van der Waals surface area contributed by atoms with E-state index in [4.69, 9.17) is 0 Å². The number of phenolic OH excluding ortho intramolecular Hbond substituents is 1. The Hall–Kier alpha value is -2.40. The molecule has 0 aliphatic carbocycles. The Kier molecular flexibility index (Phi) is 3.81. The second-order valence-corrected chi connectivity index (χ2v) is 5.73. The average molecular weight is 298 g/mol. The molecule has 5 nitrogen and oxygen atoms in total. The second kappa shape index (κ2) is 5.77. The molecular formula is C17H18N2O3. The molecule has 1 aliphatic rings. The lowest BCUT2D eigenvalue weighted by Gasteiger charge is -2.22. The van der Waals surface area contributed by atoms with Gasteiger partial charge in [0.2, 0.25) is 0 Å². The summed E-state index contributed by atoms with van der Waals surface area (Å²) in [5.74, 6) is -0.178. The van der Waals surface area contributed by atoms with Crippen LogP contribution in [0, 0.1) is 10.1 Å². The van der Waals surface area contributed by atoms with Crippen LogP contribution in [0.1, 0.15) is 22.6 Å². The number of aromatic hydroxyl groups is 1. The van der Waals surface area contributed by atoms with Crippen molar-refractivity contribution in [2.75, 3.05) is 20.1 Å². The van der Waals surface area contributed by atoms with Crippen LogP contribution < -0.4 is 0 Å². The number of hydrogen-bond donors (Lipinski definition) is 1. The van der Waals surface area contributed by atoms with Crippen molar-refractivity contribution in [2.45, 2.75) is 12.3 Å². The van der Waals surface area contributed by atoms with Crippen LogP contribution in [0.3, 0.4) is 0 Å². The van der Waals surface area contributed by atoms with Crippen molar-refractivity contribution < 1.29 is 10.0 Å². The monoisotopic (exact) mass is 298 g/mol. The van der Waals surface area contributed by atoms with Crippen LogP contribution in [0.5, 0.6) is 5.75 Å². The Morgan fingerprint density at radius 3 is 2.64 bits per heavy atom. The van der Waals surface area contributed by atoms with Gasteiger partial charge in [0.25, 0.3) is 0 Å². The summed E-state index contributed by atoms with van der Waals surface area (Å²) in [5, 5.41) is 21.3. The maximum absolute atomic E-state index is 11.4. The van der Waals surface area contributed by atoms with Gasteiger partial charge >= 0.3 is 5.69 Å². The van der Waals surface area contributed by atoms with E-state index >= 15 is 0 Å². The van der Waals surface area contributed by atoms with Crippen molar-refractivity contribution in [2.24, 2.45) is 0 Å². The van der Waals surface area contributed by atoms with Crippen molar-refractivity contribution in [3.8, 4) is 5.75 Å². The average Bonchev–Trinajstić information content (AvgIpc) is 2.67. The zero-order valence-corrected chi connectivity index (χ0v) is 12.4. The molecule has 0 spiro atoms. The number of hydrogen-bond acceptors (Lipinski definition) is 4. The lowest BCUT2D eigenvalue weighted by molar-refractivity contribution is -0.386. The summed E-state index contributed by atoms with van der Waals surface area (Å²) in [4.78, 5) is 13.1. The summed E-state index contributed by atoms with van der Waals surface area (Å²) < 4.78 is 0. The van der Waals surface area contributed by atoms with Gasteiger partial charge in [-0.3, -0.25) is 10.1 Å². The normalized spacial score (nSPS) is 18.5. The van der Waals surface area contributed by atoms with Crippen LogP contribution in [0.25, 0.3) is 0 Å². The van der Waals surface area contributed by atoms with Gasteiger partial charge in [0, 0.05) is 24.6 Å². The number of likely N-dealkylation sites (N-methyl/N-ethyl adjacent to an activating group) is 1. The predicted molar refractivity (Wildman–Crippen MR) is 84.2 cm³/mol. The number of nitro benzene ring substituents is 1. The summed E-state index contributed by atoms with van der Waals surface area (Å²) in [6.45, 7) is 1.54. The van der Waals surface area contributed by atoms with Gasteiger partial charge in [0.1, 0.15) is 0 Å². The summed E-state index contributed by atoms with van der Waals surface area (Å²) in [6.07, 6.45) is 0.569. The highest BCUT2D eigenvalue weighted by atomic mass is 16.6. The molecule has 3 rings (SSSR count). The molecule has 114 valence electrons. The third-order valence-corrected chi connectivity index (χ3v) is 4.30. The van der Waals surface area contributed by atoms with E-state index in [0.29, 0.717) is 12.0 Å². The smallest absolute Gasteiger partial charge is 0.314 e. The fraction of sp³-hybridized carbons (Fsp3) is 0.294. The van der Waals surface area contributed by atoms with Crippen molar-refractivity contribution in [3.63, 3.8) is 0 Å². The fourth-order valence-electron chi connectivity index (χ4n) is 3.21. The highest BCUT2D eigenvalue weighted by molar-refractivity contribution is 5.58. The predicted octanol–water partition coefficient (Wildman–Crippen LogP) is 2.92. The molecule has 0 aromatic heterocycles. The molecule has 0 fully saturated rings. The molecule has 1 aliphatic heterocycles. The Morgan fingerprint density at radius 1 is 1.23 bits per heavy atom. The van der Waals surface area contributed by atoms with Crippen molar-refractivity contribution in [1.82, 2.24) is 4.90 Å². The van der Waals surface area contributed by atoms with Crippen LogP contribution in [0.4, 0.5) is 5.69 Å². The van der Waals surface area contributed by atoms with Crippen LogP contribution >= 0.6 is 0 Å². The van der Waals surface area contributed by atoms with Crippen LogP contribution in [0.2, 0.25) is 0 Å². The Bertz CT molecular complexity index is 701. The quantitative estimate of drug-likeness (QED) is 0.684. The van der Waals surface area contributed by atoms with Gasteiger partial charge in [0.05, 0.1) is 4.92 Å². The van der Waals surface area contributed by atoms with E-state index in [9.17, 15) is 15.2 Å². The Balaban J connectivity index is 2.19. The van der Waals surface area contributed by atoms with Gasteiger partial charge in [-0.15, -0.1) is 0 Å². The van der Waals surface area contributed by atoms with Gasteiger partial charge in [-0.2, -0.15) is 0 Å².